The predicted octanol–water partition coefficient (Wildman–Crippen LogP) is 1.59. The summed E-state index contributed by atoms with van der Waals surface area (Å²) in [4.78, 5) is 0. The number of likely N-dealkylation sites (N-methyl/N-ethyl adjacent to an activating group) is 1. The van der Waals surface area contributed by atoms with Crippen LogP contribution in [0.25, 0.3) is 0 Å². The second kappa shape index (κ2) is 8.86. The van der Waals surface area contributed by atoms with Crippen LogP contribution in [0.2, 0.25) is 0 Å². The highest BCUT2D eigenvalue weighted by Crippen LogP contribution is 2.27. The molecule has 0 spiro atoms. The Kier molecular flexibility index (Phi) is 7.77. The van der Waals surface area contributed by atoms with E-state index in [0.717, 1.165) is 32.5 Å². The van der Waals surface area contributed by atoms with Crippen molar-refractivity contribution in [2.45, 2.75) is 51.4 Å². The van der Waals surface area contributed by atoms with E-state index in [1.54, 1.807) is 0 Å². The van der Waals surface area contributed by atoms with Gasteiger partial charge in [-0.2, -0.15) is 0 Å². The van der Waals surface area contributed by atoms with Crippen LogP contribution in [0, 0.1) is 0 Å². The van der Waals surface area contributed by atoms with Gasteiger partial charge in [0.05, 0.1) is 25.4 Å². The van der Waals surface area contributed by atoms with E-state index in [-0.39, 0.29) is 12.2 Å². The molecule has 4 nitrogen and oxygen atoms in total. The van der Waals surface area contributed by atoms with Gasteiger partial charge in [0.15, 0.2) is 0 Å². The van der Waals surface area contributed by atoms with Crippen molar-refractivity contribution in [2.75, 3.05) is 33.5 Å². The highest BCUT2D eigenvalue weighted by molar-refractivity contribution is 4.96. The Morgan fingerprint density at radius 3 is 2.41 bits per heavy atom. The van der Waals surface area contributed by atoms with Crippen LogP contribution >= 0.6 is 0 Å². The highest BCUT2D eigenvalue weighted by atomic mass is 16.6. The molecule has 0 radical (unpaired) electrons. The van der Waals surface area contributed by atoms with Gasteiger partial charge in [-0.25, -0.2) is 0 Å². The number of nitrogens with one attached hydrogen (secondary N) is 1. The molecule has 1 fully saturated rings. The smallest absolute Gasteiger partial charge is 0.0990 e. The maximum atomic E-state index is 5.79. The third-order valence-electron chi connectivity index (χ3n) is 3.04. The lowest BCUT2D eigenvalue weighted by Crippen LogP contribution is -2.59. The summed E-state index contributed by atoms with van der Waals surface area (Å²) < 4.78 is 17.0. The standard InChI is InChI=1S/C13H27NO3/c1-4-6-15-8-9-16-12-10-11(14-3)13(12)17-7-5-2/h11-14H,4-10H2,1-3H3. The first-order valence-corrected chi connectivity index (χ1v) is 6.81. The lowest BCUT2D eigenvalue weighted by Gasteiger charge is -2.43. The molecule has 1 aliphatic rings. The number of ether oxygens (including phenoxy) is 3. The Balaban J connectivity index is 2.10. The zero-order valence-corrected chi connectivity index (χ0v) is 11.4. The monoisotopic (exact) mass is 245 g/mol. The molecule has 1 N–H and O–H groups in total. The first kappa shape index (κ1) is 14.9. The molecular weight excluding hydrogens is 218 g/mol. The molecule has 0 aromatic heterocycles. The fourth-order valence-corrected chi connectivity index (χ4v) is 2.01. The molecule has 0 heterocycles. The van der Waals surface area contributed by atoms with E-state index in [1.165, 1.54) is 0 Å². The van der Waals surface area contributed by atoms with Crippen LogP contribution in [-0.4, -0.2) is 51.7 Å². The quantitative estimate of drug-likeness (QED) is 0.593. The summed E-state index contributed by atoms with van der Waals surface area (Å²) >= 11 is 0. The molecule has 0 aromatic carbocycles. The first-order valence-electron chi connectivity index (χ1n) is 6.81. The molecule has 3 unspecified atom stereocenters. The van der Waals surface area contributed by atoms with Gasteiger partial charge in [0, 0.05) is 19.3 Å². The maximum absolute atomic E-state index is 5.79. The molecule has 0 aromatic rings. The molecule has 4 heteroatoms. The van der Waals surface area contributed by atoms with E-state index >= 15 is 0 Å². The van der Waals surface area contributed by atoms with Crippen molar-refractivity contribution in [3.8, 4) is 0 Å². The Morgan fingerprint density at radius 1 is 1.00 bits per heavy atom. The molecular formula is C13H27NO3. The average Bonchev–Trinajstić information content (AvgIpc) is 2.32. The van der Waals surface area contributed by atoms with E-state index in [9.17, 15) is 0 Å². The Labute approximate surface area is 105 Å². The third-order valence-corrected chi connectivity index (χ3v) is 3.04. The molecule has 1 saturated carbocycles. The van der Waals surface area contributed by atoms with Crippen LogP contribution in [0.4, 0.5) is 0 Å². The van der Waals surface area contributed by atoms with Crippen molar-refractivity contribution in [1.29, 1.82) is 0 Å². The largest absolute Gasteiger partial charge is 0.379 e. The van der Waals surface area contributed by atoms with Gasteiger partial charge in [-0.1, -0.05) is 13.8 Å². The minimum Gasteiger partial charge on any atom is -0.379 e. The zero-order valence-electron chi connectivity index (χ0n) is 11.4. The Hall–Kier alpha value is -0.160. The van der Waals surface area contributed by atoms with Crippen LogP contribution in [-0.2, 0) is 14.2 Å². The number of hydrogen-bond acceptors (Lipinski definition) is 4. The van der Waals surface area contributed by atoms with E-state index in [2.05, 4.69) is 19.2 Å². The Bertz CT molecular complexity index is 190. The summed E-state index contributed by atoms with van der Waals surface area (Å²) in [6.45, 7) is 7.24. The Morgan fingerprint density at radius 2 is 1.76 bits per heavy atom. The van der Waals surface area contributed by atoms with Gasteiger partial charge in [0.2, 0.25) is 0 Å². The highest BCUT2D eigenvalue weighted by Gasteiger charge is 2.41. The van der Waals surface area contributed by atoms with Gasteiger partial charge in [0.1, 0.15) is 0 Å². The second-order valence-corrected chi connectivity index (χ2v) is 4.49. The van der Waals surface area contributed by atoms with Crippen LogP contribution in [0.5, 0.6) is 0 Å². The summed E-state index contributed by atoms with van der Waals surface area (Å²) in [5.74, 6) is 0. The molecule has 3 atom stereocenters. The van der Waals surface area contributed by atoms with Gasteiger partial charge in [0.25, 0.3) is 0 Å². The summed E-state index contributed by atoms with van der Waals surface area (Å²) in [6, 6.07) is 0.447. The minimum absolute atomic E-state index is 0.214. The van der Waals surface area contributed by atoms with Gasteiger partial charge in [-0.05, 0) is 26.3 Å². The van der Waals surface area contributed by atoms with Crippen LogP contribution in [0.15, 0.2) is 0 Å². The summed E-state index contributed by atoms with van der Waals surface area (Å²) in [5, 5.41) is 3.26. The lowest BCUT2D eigenvalue weighted by molar-refractivity contribution is -0.151. The fourth-order valence-electron chi connectivity index (χ4n) is 2.01. The average molecular weight is 245 g/mol. The van der Waals surface area contributed by atoms with Gasteiger partial charge in [-0.3, -0.25) is 0 Å². The van der Waals surface area contributed by atoms with Crippen LogP contribution in [0.1, 0.15) is 33.1 Å². The third kappa shape index (κ3) is 4.92. The van der Waals surface area contributed by atoms with E-state index < -0.39 is 0 Å². The summed E-state index contributed by atoms with van der Waals surface area (Å²) in [6.07, 6.45) is 3.61. The van der Waals surface area contributed by atoms with Gasteiger partial charge in [-0.15, -0.1) is 0 Å². The molecule has 1 rings (SSSR count). The normalized spacial score (nSPS) is 28.1. The van der Waals surface area contributed by atoms with Crippen molar-refractivity contribution in [3.63, 3.8) is 0 Å². The molecule has 1 aliphatic carbocycles. The van der Waals surface area contributed by atoms with Crippen LogP contribution in [0.3, 0.4) is 0 Å². The zero-order chi connectivity index (χ0) is 12.5. The fraction of sp³-hybridized carbons (Fsp3) is 1.00. The lowest BCUT2D eigenvalue weighted by atomic mass is 9.85. The van der Waals surface area contributed by atoms with Gasteiger partial charge >= 0.3 is 0 Å². The van der Waals surface area contributed by atoms with Crippen LogP contribution < -0.4 is 5.32 Å². The van der Waals surface area contributed by atoms with E-state index in [4.69, 9.17) is 14.2 Å². The topological polar surface area (TPSA) is 39.7 Å². The minimum atomic E-state index is 0.214. The number of hydrogen-bond donors (Lipinski definition) is 1. The second-order valence-electron chi connectivity index (χ2n) is 4.49. The van der Waals surface area contributed by atoms with E-state index in [1.807, 2.05) is 7.05 Å². The predicted molar refractivity (Wildman–Crippen MR) is 68.3 cm³/mol. The van der Waals surface area contributed by atoms with Gasteiger partial charge < -0.3 is 19.5 Å². The van der Waals surface area contributed by atoms with Crippen molar-refractivity contribution in [1.82, 2.24) is 5.32 Å². The molecule has 0 aliphatic heterocycles. The van der Waals surface area contributed by atoms with Crippen molar-refractivity contribution in [2.24, 2.45) is 0 Å². The summed E-state index contributed by atoms with van der Waals surface area (Å²) in [7, 11) is 1.98. The molecule has 0 amide bonds. The number of rotatable bonds is 10. The van der Waals surface area contributed by atoms with Crippen molar-refractivity contribution >= 4 is 0 Å². The molecule has 0 saturated heterocycles. The van der Waals surface area contributed by atoms with Crippen molar-refractivity contribution < 1.29 is 14.2 Å². The SMILES string of the molecule is CCCOCCOC1CC(NC)C1OCCC. The molecule has 17 heavy (non-hydrogen) atoms. The first-order chi connectivity index (χ1) is 8.33. The molecule has 0 bridgehead atoms. The van der Waals surface area contributed by atoms with E-state index in [0.29, 0.717) is 19.3 Å². The summed E-state index contributed by atoms with van der Waals surface area (Å²) in [5.41, 5.74) is 0. The van der Waals surface area contributed by atoms with Crippen molar-refractivity contribution in [3.05, 3.63) is 0 Å². The molecule has 102 valence electrons. The maximum Gasteiger partial charge on any atom is 0.0990 e.